The first-order chi connectivity index (χ1) is 11.4. The van der Waals surface area contributed by atoms with Crippen molar-refractivity contribution in [3.05, 3.63) is 40.9 Å². The van der Waals surface area contributed by atoms with Crippen LogP contribution in [0.25, 0.3) is 0 Å². The topological polar surface area (TPSA) is 124 Å². The molecule has 0 spiro atoms. The van der Waals surface area contributed by atoms with Crippen LogP contribution < -0.4 is 10.1 Å². The monoisotopic (exact) mass is 346 g/mol. The predicted octanol–water partition coefficient (Wildman–Crippen LogP) is 1.49. The van der Waals surface area contributed by atoms with Crippen molar-refractivity contribution in [1.82, 2.24) is 25.2 Å². The van der Waals surface area contributed by atoms with Gasteiger partial charge in [-0.05, 0) is 24.4 Å². The number of para-hydroxylation sites is 1. The van der Waals surface area contributed by atoms with E-state index in [1.807, 2.05) is 0 Å². The number of nitrogens with one attached hydrogen (secondary N) is 3. The van der Waals surface area contributed by atoms with Crippen LogP contribution in [0.1, 0.15) is 5.56 Å². The molecule has 3 N–H and O–H groups in total. The number of rotatable bonds is 4. The van der Waals surface area contributed by atoms with E-state index in [-0.39, 0.29) is 22.1 Å². The van der Waals surface area contributed by atoms with Crippen LogP contribution in [-0.4, -0.2) is 51.6 Å². The molecule has 1 aromatic heterocycles. The molecule has 2 rings (SSSR count). The van der Waals surface area contributed by atoms with Crippen LogP contribution >= 0.6 is 12.2 Å². The van der Waals surface area contributed by atoms with E-state index in [1.165, 1.54) is 31.4 Å². The Morgan fingerprint density at radius 3 is 2.67 bits per heavy atom. The molecule has 0 saturated heterocycles. The van der Waals surface area contributed by atoms with E-state index in [4.69, 9.17) is 22.4 Å². The van der Waals surface area contributed by atoms with Crippen LogP contribution in [-0.2, 0) is 4.79 Å². The molecule has 0 aliphatic rings. The first-order valence-corrected chi connectivity index (χ1v) is 7.09. The van der Waals surface area contributed by atoms with Crippen LogP contribution in [0.15, 0.2) is 30.6 Å². The van der Waals surface area contributed by atoms with Gasteiger partial charge in [-0.2, -0.15) is 4.98 Å². The molecule has 0 atom stereocenters. The number of urea groups is 1. The number of imide groups is 1. The van der Waals surface area contributed by atoms with E-state index < -0.39 is 17.6 Å². The lowest BCUT2D eigenvalue weighted by Crippen LogP contribution is -2.42. The van der Waals surface area contributed by atoms with Gasteiger partial charge < -0.3 is 9.64 Å². The van der Waals surface area contributed by atoms with Gasteiger partial charge in [0.05, 0.1) is 0 Å². The second-order valence-electron chi connectivity index (χ2n) is 4.74. The average molecular weight is 346 g/mol. The summed E-state index contributed by atoms with van der Waals surface area (Å²) in [5.74, 6) is -0.639. The third-order valence-electron chi connectivity index (χ3n) is 2.78. The molecule has 0 radical (unpaired) electrons. The van der Waals surface area contributed by atoms with Crippen molar-refractivity contribution in [2.45, 2.75) is 0 Å². The highest BCUT2D eigenvalue weighted by molar-refractivity contribution is 7.71. The summed E-state index contributed by atoms with van der Waals surface area (Å²) < 4.78 is 5.71. The van der Waals surface area contributed by atoms with E-state index in [9.17, 15) is 9.59 Å². The Hall–Kier alpha value is -3.14. The van der Waals surface area contributed by atoms with Crippen LogP contribution in [0, 0.1) is 10.2 Å². The SMILES string of the molecule is CN(C)C(=O)NC(=O)C(=N)c1ccccc1Oc1ncnc(=S)[nH]1. The largest absolute Gasteiger partial charge is 0.425 e. The highest BCUT2D eigenvalue weighted by Crippen LogP contribution is 2.22. The molecule has 124 valence electrons. The van der Waals surface area contributed by atoms with Gasteiger partial charge in [0, 0.05) is 19.7 Å². The second kappa shape index (κ2) is 7.42. The molecule has 3 amide bonds. The zero-order chi connectivity index (χ0) is 17.7. The summed E-state index contributed by atoms with van der Waals surface area (Å²) in [7, 11) is 2.97. The van der Waals surface area contributed by atoms with Crippen molar-refractivity contribution in [3.63, 3.8) is 0 Å². The Morgan fingerprint density at radius 2 is 2.00 bits per heavy atom. The number of ether oxygens (including phenoxy) is 1. The zero-order valence-corrected chi connectivity index (χ0v) is 13.7. The van der Waals surface area contributed by atoms with Gasteiger partial charge in [0.2, 0.25) is 4.77 Å². The molecule has 0 unspecified atom stereocenters. The third kappa shape index (κ3) is 4.20. The maximum Gasteiger partial charge on any atom is 0.323 e. The summed E-state index contributed by atoms with van der Waals surface area (Å²) in [6, 6.07) is 5.84. The van der Waals surface area contributed by atoms with Crippen molar-refractivity contribution < 1.29 is 14.3 Å². The molecule has 10 heteroatoms. The zero-order valence-electron chi connectivity index (χ0n) is 12.9. The van der Waals surface area contributed by atoms with Crippen molar-refractivity contribution >= 4 is 29.9 Å². The Balaban J connectivity index is 2.25. The lowest BCUT2D eigenvalue weighted by atomic mass is 10.1. The van der Waals surface area contributed by atoms with Crippen LogP contribution in [0.2, 0.25) is 0 Å². The minimum absolute atomic E-state index is 0.0695. The summed E-state index contributed by atoms with van der Waals surface area (Å²) in [5, 5.41) is 10.1. The molecular weight excluding hydrogens is 332 g/mol. The number of amides is 3. The van der Waals surface area contributed by atoms with Crippen molar-refractivity contribution in [3.8, 4) is 11.8 Å². The first kappa shape index (κ1) is 17.2. The fraction of sp³-hybridized carbons (Fsp3) is 0.143. The minimum atomic E-state index is -0.847. The van der Waals surface area contributed by atoms with Crippen LogP contribution in [0.3, 0.4) is 0 Å². The highest BCUT2D eigenvalue weighted by Gasteiger charge is 2.19. The predicted molar refractivity (Wildman–Crippen MR) is 87.8 cm³/mol. The fourth-order valence-corrected chi connectivity index (χ4v) is 1.74. The van der Waals surface area contributed by atoms with E-state index in [0.717, 1.165) is 0 Å². The molecule has 2 aromatic rings. The number of carbonyl (C=O) groups excluding carboxylic acids is 2. The standard InChI is InChI=1S/C14H14N6O3S/c1-20(2)14(22)18-11(21)10(15)8-5-3-4-6-9(8)23-12-16-7-17-13(24)19-12/h3-7,15H,1-2H3,(H,18,21,22)(H,16,17,19,24). The number of hydrogen-bond acceptors (Lipinski definition) is 7. The molecule has 0 aliphatic heterocycles. The minimum Gasteiger partial charge on any atom is -0.425 e. The van der Waals surface area contributed by atoms with Gasteiger partial charge in [0.1, 0.15) is 17.8 Å². The van der Waals surface area contributed by atoms with Crippen molar-refractivity contribution in [2.24, 2.45) is 0 Å². The Morgan fingerprint density at radius 1 is 1.29 bits per heavy atom. The van der Waals surface area contributed by atoms with Gasteiger partial charge in [-0.1, -0.05) is 12.1 Å². The molecule has 1 aromatic carbocycles. The van der Waals surface area contributed by atoms with Gasteiger partial charge in [-0.15, -0.1) is 0 Å². The van der Waals surface area contributed by atoms with Crippen molar-refractivity contribution in [1.29, 1.82) is 5.41 Å². The second-order valence-corrected chi connectivity index (χ2v) is 5.12. The molecule has 1 heterocycles. The molecule has 0 saturated carbocycles. The lowest BCUT2D eigenvalue weighted by Gasteiger charge is -2.13. The molecule has 0 fully saturated rings. The molecular formula is C14H14N6O3S. The van der Waals surface area contributed by atoms with E-state index in [0.29, 0.717) is 0 Å². The number of nitrogens with zero attached hydrogens (tertiary/aromatic N) is 3. The smallest absolute Gasteiger partial charge is 0.323 e. The van der Waals surface area contributed by atoms with Gasteiger partial charge in [-0.3, -0.25) is 20.5 Å². The van der Waals surface area contributed by atoms with E-state index >= 15 is 0 Å². The first-order valence-electron chi connectivity index (χ1n) is 6.68. The number of aromatic amines is 1. The van der Waals surface area contributed by atoms with E-state index in [1.54, 1.807) is 18.2 Å². The van der Waals surface area contributed by atoms with E-state index in [2.05, 4.69) is 20.3 Å². The molecule has 0 bridgehead atoms. The number of hydrogen-bond donors (Lipinski definition) is 3. The van der Waals surface area contributed by atoms with Crippen LogP contribution in [0.5, 0.6) is 11.8 Å². The summed E-state index contributed by atoms with van der Waals surface area (Å²) in [6.07, 6.45) is 1.23. The quantitative estimate of drug-likeness (QED) is 0.569. The Labute approximate surface area is 142 Å². The van der Waals surface area contributed by atoms with Crippen LogP contribution in [0.4, 0.5) is 4.79 Å². The van der Waals surface area contributed by atoms with Gasteiger partial charge in [-0.25, -0.2) is 9.78 Å². The van der Waals surface area contributed by atoms with Gasteiger partial charge >= 0.3 is 12.0 Å². The summed E-state index contributed by atoms with van der Waals surface area (Å²) in [4.78, 5) is 35.0. The molecule has 9 nitrogen and oxygen atoms in total. The Kier molecular flexibility index (Phi) is 5.32. The fourth-order valence-electron chi connectivity index (χ4n) is 1.60. The summed E-state index contributed by atoms with van der Waals surface area (Å²) >= 11 is 4.88. The average Bonchev–Trinajstić information content (AvgIpc) is 2.54. The normalized spacial score (nSPS) is 9.92. The lowest BCUT2D eigenvalue weighted by molar-refractivity contribution is -0.113. The third-order valence-corrected chi connectivity index (χ3v) is 2.99. The number of carbonyl (C=O) groups is 2. The maximum absolute atomic E-state index is 12.0. The summed E-state index contributed by atoms with van der Waals surface area (Å²) in [6.45, 7) is 0. The Bertz CT molecular complexity index is 848. The molecule has 24 heavy (non-hydrogen) atoms. The molecule has 0 aliphatic carbocycles. The van der Waals surface area contributed by atoms with Gasteiger partial charge in [0.25, 0.3) is 5.91 Å². The highest BCUT2D eigenvalue weighted by atomic mass is 32.1. The summed E-state index contributed by atoms with van der Waals surface area (Å²) in [5.41, 5.74) is -0.229. The number of benzene rings is 1. The number of H-pyrrole nitrogens is 1. The van der Waals surface area contributed by atoms with Crippen molar-refractivity contribution in [2.75, 3.05) is 14.1 Å². The van der Waals surface area contributed by atoms with Gasteiger partial charge in [0.15, 0.2) is 0 Å². The maximum atomic E-state index is 12.0. The number of aromatic nitrogens is 3.